The Morgan fingerprint density at radius 3 is 2.35 bits per heavy atom. The topological polar surface area (TPSA) is 107 Å². The van der Waals surface area contributed by atoms with Gasteiger partial charge in [-0.3, -0.25) is 4.52 Å². The Bertz CT molecular complexity index is 783. The van der Waals surface area contributed by atoms with Crippen LogP contribution in [-0.4, -0.2) is 37.8 Å². The standard InChI is InChI=1S/C27H49O6P/c1-17(2)7-6-8-18(3)21-9-10-22-20-15-24(28)27(29)16-19(33-34(30,31)32)11-14-26(27,5)23(20)12-13-25(21,22)4/h17-24,28-29H,6-16H2,1-5H3,(H2,30,31,32)/t18-,19+,20+,21-,22+,23+,24-,25-,26-,27+/m1/s1. The van der Waals surface area contributed by atoms with Crippen LogP contribution in [0.1, 0.15) is 105 Å². The van der Waals surface area contributed by atoms with Gasteiger partial charge in [0.15, 0.2) is 0 Å². The summed E-state index contributed by atoms with van der Waals surface area (Å²) in [7, 11) is -4.63. The van der Waals surface area contributed by atoms with Crippen molar-refractivity contribution >= 4 is 7.82 Å². The fraction of sp³-hybridized carbons (Fsp3) is 1.00. The van der Waals surface area contributed by atoms with E-state index in [4.69, 9.17) is 4.52 Å². The van der Waals surface area contributed by atoms with Crippen molar-refractivity contribution in [1.29, 1.82) is 0 Å². The van der Waals surface area contributed by atoms with Crippen LogP contribution in [-0.2, 0) is 9.09 Å². The molecular weight excluding hydrogens is 451 g/mol. The Morgan fingerprint density at radius 1 is 1.00 bits per heavy atom. The van der Waals surface area contributed by atoms with Gasteiger partial charge in [-0.05, 0) is 85.9 Å². The average Bonchev–Trinajstić information content (AvgIpc) is 3.06. The van der Waals surface area contributed by atoms with Gasteiger partial charge in [0.1, 0.15) is 0 Å². The van der Waals surface area contributed by atoms with E-state index in [1.807, 2.05) is 0 Å². The van der Waals surface area contributed by atoms with Gasteiger partial charge >= 0.3 is 7.82 Å². The Morgan fingerprint density at radius 2 is 1.71 bits per heavy atom. The minimum atomic E-state index is -4.63. The molecule has 4 aliphatic carbocycles. The molecule has 0 bridgehead atoms. The van der Waals surface area contributed by atoms with Crippen LogP contribution in [0.2, 0.25) is 0 Å². The van der Waals surface area contributed by atoms with Crippen molar-refractivity contribution in [3.05, 3.63) is 0 Å². The quantitative estimate of drug-likeness (QED) is 0.336. The molecule has 0 aliphatic heterocycles. The summed E-state index contributed by atoms with van der Waals surface area (Å²) in [6.45, 7) is 11.7. The van der Waals surface area contributed by atoms with Crippen molar-refractivity contribution in [2.75, 3.05) is 0 Å². The van der Waals surface area contributed by atoms with E-state index in [-0.39, 0.29) is 6.42 Å². The summed E-state index contributed by atoms with van der Waals surface area (Å²) in [5.74, 6) is 3.57. The number of fused-ring (bicyclic) bond motifs is 5. The molecule has 0 aromatic heterocycles. The summed E-state index contributed by atoms with van der Waals surface area (Å²) >= 11 is 0. The van der Waals surface area contributed by atoms with E-state index < -0.39 is 31.0 Å². The lowest BCUT2D eigenvalue weighted by Gasteiger charge is -2.65. The molecule has 4 N–H and O–H groups in total. The highest BCUT2D eigenvalue weighted by Gasteiger charge is 2.67. The van der Waals surface area contributed by atoms with Crippen LogP contribution >= 0.6 is 7.82 Å². The second-order valence-electron chi connectivity index (χ2n) is 13.5. The lowest BCUT2D eigenvalue weighted by molar-refractivity contribution is -0.263. The number of phosphoric ester groups is 1. The maximum atomic E-state index is 11.8. The first-order valence-corrected chi connectivity index (χ1v) is 15.4. The van der Waals surface area contributed by atoms with Gasteiger partial charge in [-0.15, -0.1) is 0 Å². The van der Waals surface area contributed by atoms with E-state index in [0.29, 0.717) is 42.4 Å². The molecule has 0 saturated heterocycles. The third-order valence-electron chi connectivity index (χ3n) is 11.3. The van der Waals surface area contributed by atoms with Crippen molar-refractivity contribution < 1.29 is 29.1 Å². The van der Waals surface area contributed by atoms with E-state index in [2.05, 4.69) is 34.6 Å². The van der Waals surface area contributed by atoms with Crippen molar-refractivity contribution in [2.24, 2.45) is 46.3 Å². The summed E-state index contributed by atoms with van der Waals surface area (Å²) in [6.07, 6.45) is 8.90. The average molecular weight is 501 g/mol. The van der Waals surface area contributed by atoms with Gasteiger partial charge < -0.3 is 20.0 Å². The first-order valence-electron chi connectivity index (χ1n) is 13.9. The molecule has 0 spiro atoms. The molecule has 4 rings (SSSR count). The second-order valence-corrected chi connectivity index (χ2v) is 14.7. The first-order chi connectivity index (χ1) is 15.7. The molecule has 6 nitrogen and oxygen atoms in total. The molecule has 7 heteroatoms. The van der Waals surface area contributed by atoms with Crippen LogP contribution in [0.3, 0.4) is 0 Å². The van der Waals surface area contributed by atoms with Gasteiger partial charge in [0.25, 0.3) is 0 Å². The summed E-state index contributed by atoms with van der Waals surface area (Å²) in [4.78, 5) is 18.6. The maximum Gasteiger partial charge on any atom is 0.469 e. The number of aliphatic hydroxyl groups is 2. The normalized spacial score (nSPS) is 47.7. The summed E-state index contributed by atoms with van der Waals surface area (Å²) < 4.78 is 16.4. The highest BCUT2D eigenvalue weighted by Crippen LogP contribution is 2.69. The van der Waals surface area contributed by atoms with E-state index >= 15 is 0 Å². The van der Waals surface area contributed by atoms with Gasteiger partial charge in [-0.2, -0.15) is 0 Å². The number of aliphatic hydroxyl groups excluding tert-OH is 1. The van der Waals surface area contributed by atoms with Crippen molar-refractivity contribution in [3.63, 3.8) is 0 Å². The van der Waals surface area contributed by atoms with Crippen LogP contribution in [0.15, 0.2) is 0 Å². The Labute approximate surface area is 206 Å². The fourth-order valence-electron chi connectivity index (χ4n) is 9.55. The minimum absolute atomic E-state index is 0.0937. The van der Waals surface area contributed by atoms with E-state index in [1.165, 1.54) is 38.5 Å². The monoisotopic (exact) mass is 500 g/mol. The van der Waals surface area contributed by atoms with E-state index in [1.54, 1.807) is 0 Å². The molecule has 4 aliphatic rings. The highest BCUT2D eigenvalue weighted by atomic mass is 31.2. The summed E-state index contributed by atoms with van der Waals surface area (Å²) in [5.41, 5.74) is -1.50. The van der Waals surface area contributed by atoms with Crippen molar-refractivity contribution in [3.8, 4) is 0 Å². The largest absolute Gasteiger partial charge is 0.469 e. The molecule has 198 valence electrons. The molecule has 0 radical (unpaired) electrons. The van der Waals surface area contributed by atoms with Gasteiger partial charge in [-0.25, -0.2) is 4.57 Å². The zero-order chi connectivity index (χ0) is 25.1. The van der Waals surface area contributed by atoms with Crippen LogP contribution in [0, 0.1) is 46.3 Å². The maximum absolute atomic E-state index is 11.8. The van der Waals surface area contributed by atoms with E-state index in [9.17, 15) is 24.6 Å². The van der Waals surface area contributed by atoms with Gasteiger partial charge in [0, 0.05) is 11.8 Å². The molecule has 0 aromatic rings. The molecular formula is C27H49O6P. The molecule has 0 aromatic carbocycles. The second kappa shape index (κ2) is 9.40. The Kier molecular flexibility index (Phi) is 7.49. The number of hydrogen-bond donors (Lipinski definition) is 4. The molecule has 34 heavy (non-hydrogen) atoms. The van der Waals surface area contributed by atoms with Gasteiger partial charge in [-0.1, -0.05) is 53.9 Å². The Hall–Kier alpha value is 0.0300. The summed E-state index contributed by atoms with van der Waals surface area (Å²) in [6, 6.07) is 0. The zero-order valence-electron chi connectivity index (χ0n) is 21.9. The smallest absolute Gasteiger partial charge is 0.390 e. The van der Waals surface area contributed by atoms with Gasteiger partial charge in [0.2, 0.25) is 0 Å². The minimum Gasteiger partial charge on any atom is -0.390 e. The molecule has 0 amide bonds. The molecule has 0 unspecified atom stereocenters. The summed E-state index contributed by atoms with van der Waals surface area (Å²) in [5, 5.41) is 23.2. The van der Waals surface area contributed by atoms with Crippen molar-refractivity contribution in [1.82, 2.24) is 0 Å². The van der Waals surface area contributed by atoms with Crippen LogP contribution in [0.4, 0.5) is 0 Å². The zero-order valence-corrected chi connectivity index (χ0v) is 22.8. The predicted octanol–water partition coefficient (Wildman–Crippen LogP) is 5.67. The number of phosphoric acid groups is 1. The van der Waals surface area contributed by atoms with E-state index in [0.717, 1.165) is 24.2 Å². The third kappa shape index (κ3) is 4.58. The first kappa shape index (κ1) is 27.1. The lowest BCUT2D eigenvalue weighted by Crippen LogP contribution is -2.68. The van der Waals surface area contributed by atoms with Crippen molar-refractivity contribution in [2.45, 2.75) is 123 Å². The fourth-order valence-corrected chi connectivity index (χ4v) is 10.1. The lowest BCUT2D eigenvalue weighted by atomic mass is 9.42. The van der Waals surface area contributed by atoms with Gasteiger partial charge in [0.05, 0.1) is 17.8 Å². The molecule has 4 fully saturated rings. The Balaban J connectivity index is 1.51. The highest BCUT2D eigenvalue weighted by molar-refractivity contribution is 7.46. The number of hydrogen-bond acceptors (Lipinski definition) is 4. The molecule has 0 heterocycles. The van der Waals surface area contributed by atoms with Crippen LogP contribution < -0.4 is 0 Å². The molecule has 4 saturated carbocycles. The van der Waals surface area contributed by atoms with Crippen LogP contribution in [0.25, 0.3) is 0 Å². The predicted molar refractivity (Wildman–Crippen MR) is 133 cm³/mol. The SMILES string of the molecule is CC(C)CCC[C@@H](C)[C@H]1CC[C@H]2[C@@H]3C[C@@H](O)[C@@]4(O)C[C@@H](OP(=O)(O)O)CC[C@]4(C)[C@H]3CC[C@]12C. The molecule has 10 atom stereocenters. The van der Waals surface area contributed by atoms with Crippen LogP contribution in [0.5, 0.6) is 0 Å². The third-order valence-corrected chi connectivity index (χ3v) is 11.9. The number of rotatable bonds is 7.